The lowest BCUT2D eigenvalue weighted by molar-refractivity contribution is 0.613. The number of imidazole rings is 1. The molecule has 0 aliphatic carbocycles. The molecule has 4 nitrogen and oxygen atoms in total. The van der Waals surface area contributed by atoms with Gasteiger partial charge in [-0.1, -0.05) is 37.3 Å². The maximum atomic E-state index is 6.04. The van der Waals surface area contributed by atoms with E-state index in [2.05, 4.69) is 41.2 Å². The second kappa shape index (κ2) is 4.96. The highest BCUT2D eigenvalue weighted by Crippen LogP contribution is 2.22. The zero-order valence-electron chi connectivity index (χ0n) is 11.7. The number of aromatic nitrogens is 3. The van der Waals surface area contributed by atoms with Crippen molar-refractivity contribution in [3.05, 3.63) is 53.7 Å². The van der Waals surface area contributed by atoms with Crippen LogP contribution < -0.4 is 5.73 Å². The van der Waals surface area contributed by atoms with Gasteiger partial charge in [-0.3, -0.25) is 4.57 Å². The van der Waals surface area contributed by atoms with Gasteiger partial charge in [-0.05, 0) is 30.0 Å². The minimum absolute atomic E-state index is 0.360. The standard InChI is InChI=1S/C16H18N4/c1-11-8-14-15(18-9-11)20(16(17)19-14)10-12(2)13-6-4-3-5-7-13/h3-9,12H,10H2,1-2H3,(H2,17,19). The average molecular weight is 266 g/mol. The Morgan fingerprint density at radius 1 is 1.25 bits per heavy atom. The summed E-state index contributed by atoms with van der Waals surface area (Å²) in [5, 5.41) is 0. The molecule has 102 valence electrons. The van der Waals surface area contributed by atoms with Gasteiger partial charge >= 0.3 is 0 Å². The van der Waals surface area contributed by atoms with Crippen molar-refractivity contribution in [1.29, 1.82) is 0 Å². The molecule has 3 aromatic rings. The number of anilines is 1. The molecule has 1 unspecified atom stereocenters. The molecule has 0 fully saturated rings. The average Bonchev–Trinajstić information content (AvgIpc) is 2.75. The fraction of sp³-hybridized carbons (Fsp3) is 0.250. The fourth-order valence-electron chi connectivity index (χ4n) is 2.47. The number of rotatable bonds is 3. The van der Waals surface area contributed by atoms with Crippen LogP contribution in [0.5, 0.6) is 0 Å². The molecule has 0 bridgehead atoms. The summed E-state index contributed by atoms with van der Waals surface area (Å²) in [5.74, 6) is 0.889. The van der Waals surface area contributed by atoms with E-state index in [1.807, 2.05) is 29.8 Å². The maximum absolute atomic E-state index is 6.04. The highest BCUT2D eigenvalue weighted by Gasteiger charge is 2.13. The molecular formula is C16H18N4. The summed E-state index contributed by atoms with van der Waals surface area (Å²) < 4.78 is 1.99. The monoisotopic (exact) mass is 266 g/mol. The van der Waals surface area contributed by atoms with Crippen LogP contribution in [0.2, 0.25) is 0 Å². The highest BCUT2D eigenvalue weighted by molar-refractivity contribution is 5.74. The van der Waals surface area contributed by atoms with Crippen molar-refractivity contribution in [2.45, 2.75) is 26.3 Å². The summed E-state index contributed by atoms with van der Waals surface area (Å²) in [4.78, 5) is 8.87. The number of hydrogen-bond donors (Lipinski definition) is 1. The van der Waals surface area contributed by atoms with Gasteiger partial charge in [0.25, 0.3) is 0 Å². The third kappa shape index (κ3) is 2.25. The van der Waals surface area contributed by atoms with Crippen LogP contribution in [0.3, 0.4) is 0 Å². The number of benzene rings is 1. The maximum Gasteiger partial charge on any atom is 0.202 e. The van der Waals surface area contributed by atoms with Gasteiger partial charge in [-0.2, -0.15) is 0 Å². The van der Waals surface area contributed by atoms with Crippen molar-refractivity contribution in [3.63, 3.8) is 0 Å². The van der Waals surface area contributed by atoms with Gasteiger partial charge in [0.15, 0.2) is 5.65 Å². The predicted molar refractivity (Wildman–Crippen MR) is 81.5 cm³/mol. The lowest BCUT2D eigenvalue weighted by atomic mass is 10.0. The molecule has 0 aliphatic heterocycles. The summed E-state index contributed by atoms with van der Waals surface area (Å²) in [5.41, 5.74) is 10.2. The Bertz CT molecular complexity index is 731. The van der Waals surface area contributed by atoms with Crippen molar-refractivity contribution in [2.75, 3.05) is 5.73 Å². The third-order valence-corrected chi connectivity index (χ3v) is 3.58. The second-order valence-corrected chi connectivity index (χ2v) is 5.25. The molecule has 0 amide bonds. The Kier molecular flexibility index (Phi) is 3.14. The highest BCUT2D eigenvalue weighted by atomic mass is 15.2. The molecule has 1 atom stereocenters. The molecule has 0 aliphatic rings. The molecule has 0 spiro atoms. The SMILES string of the molecule is Cc1cnc2c(c1)nc(N)n2CC(C)c1ccccc1. The molecule has 2 heterocycles. The minimum Gasteiger partial charge on any atom is -0.369 e. The van der Waals surface area contributed by atoms with E-state index >= 15 is 0 Å². The van der Waals surface area contributed by atoms with E-state index in [0.29, 0.717) is 11.9 Å². The molecule has 0 radical (unpaired) electrons. The van der Waals surface area contributed by atoms with E-state index in [4.69, 9.17) is 5.73 Å². The third-order valence-electron chi connectivity index (χ3n) is 3.58. The Labute approximate surface area is 118 Å². The molecule has 20 heavy (non-hydrogen) atoms. The molecule has 2 aromatic heterocycles. The van der Waals surface area contributed by atoms with Gasteiger partial charge in [0, 0.05) is 12.7 Å². The molecule has 3 rings (SSSR count). The Morgan fingerprint density at radius 2 is 2.00 bits per heavy atom. The Morgan fingerprint density at radius 3 is 2.75 bits per heavy atom. The first-order chi connectivity index (χ1) is 9.65. The zero-order valence-corrected chi connectivity index (χ0v) is 11.7. The van der Waals surface area contributed by atoms with E-state index in [9.17, 15) is 0 Å². The van der Waals surface area contributed by atoms with Gasteiger partial charge in [-0.15, -0.1) is 0 Å². The molecule has 1 aromatic carbocycles. The predicted octanol–water partition coefficient (Wildman–Crippen LogP) is 3.13. The largest absolute Gasteiger partial charge is 0.369 e. The number of aryl methyl sites for hydroxylation is 1. The number of nitrogens with zero attached hydrogens (tertiary/aromatic N) is 3. The first-order valence-corrected chi connectivity index (χ1v) is 6.78. The van der Waals surface area contributed by atoms with E-state index in [0.717, 1.165) is 23.3 Å². The van der Waals surface area contributed by atoms with Gasteiger partial charge in [0.2, 0.25) is 5.95 Å². The topological polar surface area (TPSA) is 56.7 Å². The summed E-state index contributed by atoms with van der Waals surface area (Å²) in [6, 6.07) is 12.4. The summed E-state index contributed by atoms with van der Waals surface area (Å²) >= 11 is 0. The Balaban J connectivity index is 1.97. The summed E-state index contributed by atoms with van der Waals surface area (Å²) in [7, 11) is 0. The van der Waals surface area contributed by atoms with E-state index in [1.54, 1.807) is 0 Å². The van der Waals surface area contributed by atoms with Crippen LogP contribution in [0.4, 0.5) is 5.95 Å². The summed E-state index contributed by atoms with van der Waals surface area (Å²) in [6.45, 7) is 4.98. The van der Waals surface area contributed by atoms with Crippen LogP contribution in [0.25, 0.3) is 11.2 Å². The van der Waals surface area contributed by atoms with Crippen LogP contribution in [0, 0.1) is 6.92 Å². The fourth-order valence-corrected chi connectivity index (χ4v) is 2.47. The van der Waals surface area contributed by atoms with Crippen molar-refractivity contribution in [1.82, 2.24) is 14.5 Å². The number of pyridine rings is 1. The number of fused-ring (bicyclic) bond motifs is 1. The molecule has 2 N–H and O–H groups in total. The Hall–Kier alpha value is -2.36. The summed E-state index contributed by atoms with van der Waals surface area (Å²) in [6.07, 6.45) is 1.85. The van der Waals surface area contributed by atoms with Crippen LogP contribution in [0.15, 0.2) is 42.6 Å². The number of nitrogen functional groups attached to an aromatic ring is 1. The van der Waals surface area contributed by atoms with Crippen molar-refractivity contribution < 1.29 is 0 Å². The minimum atomic E-state index is 0.360. The van der Waals surface area contributed by atoms with Crippen LogP contribution in [-0.2, 0) is 6.54 Å². The lowest BCUT2D eigenvalue weighted by Crippen LogP contribution is -2.09. The number of hydrogen-bond acceptors (Lipinski definition) is 3. The van der Waals surface area contributed by atoms with Gasteiger partial charge in [-0.25, -0.2) is 9.97 Å². The van der Waals surface area contributed by atoms with Gasteiger partial charge in [0.1, 0.15) is 5.52 Å². The molecule has 4 heteroatoms. The number of nitrogens with two attached hydrogens (primary N) is 1. The quantitative estimate of drug-likeness (QED) is 0.792. The lowest BCUT2D eigenvalue weighted by Gasteiger charge is -2.14. The van der Waals surface area contributed by atoms with E-state index in [-0.39, 0.29) is 0 Å². The first kappa shape index (κ1) is 12.7. The van der Waals surface area contributed by atoms with Crippen molar-refractivity contribution in [3.8, 4) is 0 Å². The van der Waals surface area contributed by atoms with Crippen LogP contribution in [-0.4, -0.2) is 14.5 Å². The second-order valence-electron chi connectivity index (χ2n) is 5.25. The first-order valence-electron chi connectivity index (χ1n) is 6.78. The van der Waals surface area contributed by atoms with Crippen molar-refractivity contribution in [2.24, 2.45) is 0 Å². The van der Waals surface area contributed by atoms with Crippen molar-refractivity contribution >= 4 is 17.1 Å². The molecular weight excluding hydrogens is 248 g/mol. The molecule has 0 saturated carbocycles. The van der Waals surface area contributed by atoms with Crippen LogP contribution >= 0.6 is 0 Å². The van der Waals surface area contributed by atoms with Gasteiger partial charge in [0.05, 0.1) is 0 Å². The van der Waals surface area contributed by atoms with E-state index < -0.39 is 0 Å². The zero-order chi connectivity index (χ0) is 14.1. The van der Waals surface area contributed by atoms with E-state index in [1.165, 1.54) is 5.56 Å². The normalized spacial score (nSPS) is 12.7. The van der Waals surface area contributed by atoms with Gasteiger partial charge < -0.3 is 5.73 Å². The smallest absolute Gasteiger partial charge is 0.202 e. The molecule has 0 saturated heterocycles. The van der Waals surface area contributed by atoms with Crippen LogP contribution in [0.1, 0.15) is 24.0 Å².